The summed E-state index contributed by atoms with van der Waals surface area (Å²) >= 11 is 13.9. The van der Waals surface area contributed by atoms with Gasteiger partial charge in [-0.25, -0.2) is 0 Å². The summed E-state index contributed by atoms with van der Waals surface area (Å²) in [6, 6.07) is 21.6. The quantitative estimate of drug-likeness (QED) is 0.323. The molecular weight excluding hydrogens is 496 g/mol. The number of hydrogen-bond acceptors (Lipinski definition) is 0. The molecular formula is C25H17Br2Cl. The Kier molecular flexibility index (Phi) is 4.62. The summed E-state index contributed by atoms with van der Waals surface area (Å²) in [6.07, 6.45) is 9.12. The van der Waals surface area contributed by atoms with E-state index in [-0.39, 0.29) is 5.41 Å². The van der Waals surface area contributed by atoms with Crippen molar-refractivity contribution in [1.82, 2.24) is 0 Å². The smallest absolute Gasteiger partial charge is 0.0711 e. The van der Waals surface area contributed by atoms with E-state index in [0.29, 0.717) is 0 Å². The Labute approximate surface area is 187 Å². The van der Waals surface area contributed by atoms with Crippen molar-refractivity contribution in [2.75, 3.05) is 0 Å². The number of rotatable bonds is 2. The fraction of sp³-hybridized carbons (Fsp3) is 0.120. The van der Waals surface area contributed by atoms with Gasteiger partial charge in [0.1, 0.15) is 0 Å². The molecule has 28 heavy (non-hydrogen) atoms. The molecule has 0 bridgehead atoms. The van der Waals surface area contributed by atoms with Crippen molar-refractivity contribution in [3.8, 4) is 11.1 Å². The van der Waals surface area contributed by atoms with Crippen molar-refractivity contribution in [3.63, 3.8) is 0 Å². The van der Waals surface area contributed by atoms with Crippen LogP contribution in [0.5, 0.6) is 0 Å². The van der Waals surface area contributed by atoms with Gasteiger partial charge in [0.2, 0.25) is 0 Å². The predicted octanol–water partition coefficient (Wildman–Crippen LogP) is 8.46. The fourth-order valence-electron chi connectivity index (χ4n) is 4.67. The first-order valence-corrected chi connectivity index (χ1v) is 11.3. The first-order valence-electron chi connectivity index (χ1n) is 9.34. The van der Waals surface area contributed by atoms with E-state index in [0.717, 1.165) is 26.8 Å². The zero-order valence-corrected chi connectivity index (χ0v) is 19.0. The van der Waals surface area contributed by atoms with E-state index in [1.807, 2.05) is 6.07 Å². The van der Waals surface area contributed by atoms with Crippen LogP contribution < -0.4 is 0 Å². The largest absolute Gasteiger partial charge is 0.0843 e. The molecule has 3 heteroatoms. The second kappa shape index (κ2) is 7.02. The second-order valence-electron chi connectivity index (χ2n) is 7.28. The molecule has 0 nitrogen and oxygen atoms in total. The van der Waals surface area contributed by atoms with Crippen LogP contribution in [-0.2, 0) is 5.41 Å². The minimum absolute atomic E-state index is 0.375. The summed E-state index contributed by atoms with van der Waals surface area (Å²) < 4.78 is 2.18. The molecule has 5 rings (SSSR count). The van der Waals surface area contributed by atoms with Crippen LogP contribution in [0.3, 0.4) is 0 Å². The molecule has 0 fully saturated rings. The van der Waals surface area contributed by atoms with E-state index in [9.17, 15) is 0 Å². The van der Waals surface area contributed by atoms with Gasteiger partial charge in [-0.15, -0.1) is 0 Å². The number of benzene rings is 3. The molecule has 0 N–H and O–H groups in total. The van der Waals surface area contributed by atoms with Crippen LogP contribution in [0.1, 0.15) is 29.5 Å². The molecule has 0 atom stereocenters. The van der Waals surface area contributed by atoms with Gasteiger partial charge in [0.15, 0.2) is 0 Å². The number of halogens is 3. The highest BCUT2D eigenvalue weighted by atomic mass is 79.9. The van der Waals surface area contributed by atoms with Gasteiger partial charge in [0.05, 0.1) is 5.41 Å². The van der Waals surface area contributed by atoms with Crippen molar-refractivity contribution in [3.05, 3.63) is 115 Å². The molecule has 2 aliphatic carbocycles. The van der Waals surface area contributed by atoms with Crippen molar-refractivity contribution in [2.45, 2.75) is 18.3 Å². The average molecular weight is 513 g/mol. The Morgan fingerprint density at radius 1 is 0.786 bits per heavy atom. The maximum atomic E-state index is 6.48. The zero-order valence-electron chi connectivity index (χ0n) is 15.1. The lowest BCUT2D eigenvalue weighted by atomic mass is 9.66. The van der Waals surface area contributed by atoms with Gasteiger partial charge in [-0.05, 0) is 82.6 Å². The summed E-state index contributed by atoms with van der Waals surface area (Å²) in [5, 5.41) is 0.761. The van der Waals surface area contributed by atoms with Crippen molar-refractivity contribution >= 4 is 43.5 Å². The Bertz CT molecular complexity index is 1110. The fourth-order valence-corrected chi connectivity index (χ4v) is 5.58. The van der Waals surface area contributed by atoms with Gasteiger partial charge in [-0.3, -0.25) is 0 Å². The van der Waals surface area contributed by atoms with Gasteiger partial charge in [0.25, 0.3) is 0 Å². The molecule has 0 heterocycles. The Balaban J connectivity index is 1.97. The maximum absolute atomic E-state index is 6.48. The van der Waals surface area contributed by atoms with E-state index in [2.05, 4.69) is 105 Å². The molecule has 0 saturated carbocycles. The first-order chi connectivity index (χ1) is 13.6. The second-order valence-corrected chi connectivity index (χ2v) is 9.55. The molecule has 3 aromatic carbocycles. The molecule has 0 spiro atoms. The molecule has 0 radical (unpaired) electrons. The summed E-state index contributed by atoms with van der Waals surface area (Å²) in [4.78, 5) is 0. The average Bonchev–Trinajstić information content (AvgIpc) is 2.98. The van der Waals surface area contributed by atoms with Gasteiger partial charge in [-0.2, -0.15) is 0 Å². The predicted molar refractivity (Wildman–Crippen MR) is 125 cm³/mol. The minimum Gasteiger partial charge on any atom is -0.0843 e. The van der Waals surface area contributed by atoms with Gasteiger partial charge < -0.3 is 0 Å². The summed E-state index contributed by atoms with van der Waals surface area (Å²) in [5.41, 5.74) is 7.31. The molecule has 2 aliphatic rings. The van der Waals surface area contributed by atoms with Gasteiger partial charge >= 0.3 is 0 Å². The Hall–Kier alpha value is -1.61. The van der Waals surface area contributed by atoms with Gasteiger partial charge in [-0.1, -0.05) is 86.0 Å². The van der Waals surface area contributed by atoms with Gasteiger partial charge in [0, 0.05) is 14.0 Å². The topological polar surface area (TPSA) is 0 Å². The minimum atomic E-state index is -0.375. The molecule has 0 unspecified atom stereocenters. The molecule has 0 saturated heterocycles. The molecule has 138 valence electrons. The molecule has 0 aliphatic heterocycles. The van der Waals surface area contributed by atoms with Crippen LogP contribution in [0.15, 0.2) is 93.4 Å². The maximum Gasteiger partial charge on any atom is 0.0711 e. The highest BCUT2D eigenvalue weighted by Gasteiger charge is 2.47. The van der Waals surface area contributed by atoms with Crippen LogP contribution in [0.2, 0.25) is 5.02 Å². The monoisotopic (exact) mass is 510 g/mol. The van der Waals surface area contributed by atoms with Crippen molar-refractivity contribution in [1.29, 1.82) is 0 Å². The molecule has 3 aromatic rings. The lowest BCUT2D eigenvalue weighted by Gasteiger charge is -2.36. The van der Waals surface area contributed by atoms with Crippen LogP contribution in [0.25, 0.3) is 11.1 Å². The zero-order chi connectivity index (χ0) is 19.3. The first kappa shape index (κ1) is 18.4. The van der Waals surface area contributed by atoms with Crippen LogP contribution in [-0.4, -0.2) is 0 Å². The van der Waals surface area contributed by atoms with E-state index >= 15 is 0 Å². The van der Waals surface area contributed by atoms with E-state index in [1.165, 1.54) is 33.4 Å². The summed E-state index contributed by atoms with van der Waals surface area (Å²) in [6.45, 7) is 0. The molecule has 0 amide bonds. The lowest BCUT2D eigenvalue weighted by Crippen LogP contribution is -2.29. The number of allylic oxidation sites excluding steroid dienone is 4. The Morgan fingerprint density at radius 3 is 2.04 bits per heavy atom. The Morgan fingerprint density at radius 2 is 1.46 bits per heavy atom. The van der Waals surface area contributed by atoms with E-state index in [4.69, 9.17) is 11.6 Å². The summed E-state index contributed by atoms with van der Waals surface area (Å²) in [7, 11) is 0. The number of hydrogen-bond donors (Lipinski definition) is 0. The standard InChI is InChI=1S/C25H17Br2Cl/c26-18-9-11-21-22-12-10-19(27)15-24(22)25(23(21)14-18,16-5-2-1-3-6-16)17-7-4-8-20(28)13-17/h2,4-15H,1,3H2. The lowest BCUT2D eigenvalue weighted by molar-refractivity contribution is 0.750. The summed E-state index contributed by atoms with van der Waals surface area (Å²) in [5.74, 6) is 0. The van der Waals surface area contributed by atoms with E-state index < -0.39 is 0 Å². The van der Waals surface area contributed by atoms with Crippen LogP contribution in [0, 0.1) is 0 Å². The van der Waals surface area contributed by atoms with Crippen LogP contribution in [0.4, 0.5) is 0 Å². The number of fused-ring (bicyclic) bond motifs is 3. The van der Waals surface area contributed by atoms with Crippen molar-refractivity contribution in [2.24, 2.45) is 0 Å². The third-order valence-electron chi connectivity index (χ3n) is 5.75. The highest BCUT2D eigenvalue weighted by Crippen LogP contribution is 2.58. The van der Waals surface area contributed by atoms with Crippen LogP contribution >= 0.6 is 43.5 Å². The highest BCUT2D eigenvalue weighted by molar-refractivity contribution is 9.10. The van der Waals surface area contributed by atoms with Crippen molar-refractivity contribution < 1.29 is 0 Å². The third kappa shape index (κ3) is 2.69. The third-order valence-corrected chi connectivity index (χ3v) is 6.97. The SMILES string of the molecule is Clc1cccc(C2(C3=CCCC=C3)c3cc(Br)ccc3-c3ccc(Br)cc32)c1. The molecule has 0 aromatic heterocycles. The normalized spacial score (nSPS) is 16.5. The van der Waals surface area contributed by atoms with E-state index in [1.54, 1.807) is 0 Å².